The van der Waals surface area contributed by atoms with E-state index in [2.05, 4.69) is 10.4 Å². The lowest BCUT2D eigenvalue weighted by molar-refractivity contribution is -0.138. The predicted octanol–water partition coefficient (Wildman–Crippen LogP) is 1.38. The first-order valence-corrected chi connectivity index (χ1v) is 7.91. The van der Waals surface area contributed by atoms with E-state index < -0.39 is 6.04 Å². The van der Waals surface area contributed by atoms with Gasteiger partial charge in [-0.05, 0) is 26.7 Å². The van der Waals surface area contributed by atoms with E-state index in [9.17, 15) is 9.59 Å². The Labute approximate surface area is 130 Å². The van der Waals surface area contributed by atoms with Gasteiger partial charge in [0.2, 0.25) is 5.91 Å². The Morgan fingerprint density at radius 3 is 2.77 bits per heavy atom. The number of carbonyl (C=O) groups is 2. The number of hydrogen-bond acceptors (Lipinski definition) is 3. The lowest BCUT2D eigenvalue weighted by Crippen LogP contribution is -2.58. The van der Waals surface area contributed by atoms with Crippen molar-refractivity contribution in [2.24, 2.45) is 7.05 Å². The van der Waals surface area contributed by atoms with Gasteiger partial charge in [0.05, 0.1) is 0 Å². The maximum atomic E-state index is 12.4. The second-order valence-corrected chi connectivity index (χ2v) is 6.07. The summed E-state index contributed by atoms with van der Waals surface area (Å²) in [5.41, 5.74) is 1.16. The number of aryl methyl sites for hydroxylation is 1. The van der Waals surface area contributed by atoms with Crippen molar-refractivity contribution >= 4 is 17.8 Å². The van der Waals surface area contributed by atoms with Crippen molar-refractivity contribution in [2.75, 3.05) is 25.0 Å². The molecular formula is C15H23N5O2. The summed E-state index contributed by atoms with van der Waals surface area (Å²) in [6, 6.07) is 1.25. The van der Waals surface area contributed by atoms with Crippen molar-refractivity contribution in [2.45, 2.75) is 38.6 Å². The van der Waals surface area contributed by atoms with Crippen molar-refractivity contribution < 1.29 is 9.59 Å². The van der Waals surface area contributed by atoms with Crippen LogP contribution >= 0.6 is 0 Å². The zero-order chi connectivity index (χ0) is 15.9. The first-order valence-electron chi connectivity index (χ1n) is 7.91. The molecule has 3 rings (SSSR count). The van der Waals surface area contributed by atoms with Crippen LogP contribution in [0.1, 0.15) is 38.3 Å². The third-order valence-electron chi connectivity index (χ3n) is 4.54. The van der Waals surface area contributed by atoms with Crippen LogP contribution in [-0.4, -0.2) is 57.2 Å². The number of anilines is 1. The van der Waals surface area contributed by atoms with Crippen LogP contribution in [0.4, 0.5) is 10.6 Å². The van der Waals surface area contributed by atoms with Crippen molar-refractivity contribution in [3.8, 4) is 0 Å². The molecule has 1 saturated heterocycles. The Hall–Kier alpha value is -2.05. The summed E-state index contributed by atoms with van der Waals surface area (Å²) < 4.78 is 1.83. The standard InChI is InChI=1S/C15H23N5O2/c1-4-19-7-8-20(10(2)14(19)21)15(22)16-13-9-12(11-5-6-11)18(3)17-13/h9-11H,4-8H2,1-3H3,(H,16,17,22). The van der Waals surface area contributed by atoms with Gasteiger partial charge in [-0.1, -0.05) is 0 Å². The minimum absolute atomic E-state index is 0.00332. The summed E-state index contributed by atoms with van der Waals surface area (Å²) >= 11 is 0. The van der Waals surface area contributed by atoms with Gasteiger partial charge in [0.1, 0.15) is 6.04 Å². The summed E-state index contributed by atoms with van der Waals surface area (Å²) in [5, 5.41) is 7.17. The fraction of sp³-hybridized carbons (Fsp3) is 0.667. The van der Waals surface area contributed by atoms with E-state index in [4.69, 9.17) is 0 Å². The van der Waals surface area contributed by atoms with Crippen LogP contribution in [0.15, 0.2) is 6.07 Å². The molecule has 0 bridgehead atoms. The van der Waals surface area contributed by atoms with Gasteiger partial charge < -0.3 is 9.80 Å². The Morgan fingerprint density at radius 2 is 2.14 bits per heavy atom. The number of carbonyl (C=O) groups excluding carboxylic acids is 2. The van der Waals surface area contributed by atoms with Crippen LogP contribution in [0.25, 0.3) is 0 Å². The van der Waals surface area contributed by atoms with Crippen LogP contribution < -0.4 is 5.32 Å². The molecule has 3 amide bonds. The van der Waals surface area contributed by atoms with E-state index in [1.807, 2.05) is 24.7 Å². The third-order valence-corrected chi connectivity index (χ3v) is 4.54. The molecule has 1 atom stereocenters. The number of nitrogens with zero attached hydrogens (tertiary/aromatic N) is 4. The highest BCUT2D eigenvalue weighted by molar-refractivity contribution is 5.93. The third kappa shape index (κ3) is 2.67. The van der Waals surface area contributed by atoms with Gasteiger partial charge in [-0.3, -0.25) is 14.8 Å². The van der Waals surface area contributed by atoms with Crippen LogP contribution in [0, 0.1) is 0 Å². The number of hydrogen-bond donors (Lipinski definition) is 1. The van der Waals surface area contributed by atoms with Gasteiger partial charge in [0, 0.05) is 44.4 Å². The Bertz CT molecular complexity index is 593. The molecule has 0 spiro atoms. The van der Waals surface area contributed by atoms with E-state index in [-0.39, 0.29) is 11.9 Å². The van der Waals surface area contributed by atoms with Crippen LogP contribution in [0.5, 0.6) is 0 Å². The quantitative estimate of drug-likeness (QED) is 0.917. The molecule has 0 radical (unpaired) electrons. The molecule has 1 aromatic heterocycles. The molecule has 120 valence electrons. The Kier molecular flexibility index (Phi) is 3.80. The smallest absolute Gasteiger partial charge is 0.323 e. The first kappa shape index (κ1) is 14.9. The topological polar surface area (TPSA) is 70.5 Å². The molecule has 0 aromatic carbocycles. The lowest BCUT2D eigenvalue weighted by atomic mass is 10.2. The van der Waals surface area contributed by atoms with Gasteiger partial charge >= 0.3 is 6.03 Å². The highest BCUT2D eigenvalue weighted by atomic mass is 16.2. The minimum Gasteiger partial charge on any atom is -0.339 e. The number of aromatic nitrogens is 2. The molecule has 1 N–H and O–H groups in total. The summed E-state index contributed by atoms with van der Waals surface area (Å²) in [4.78, 5) is 27.9. The van der Waals surface area contributed by atoms with Crippen molar-refractivity contribution in [3.63, 3.8) is 0 Å². The Morgan fingerprint density at radius 1 is 1.41 bits per heavy atom. The van der Waals surface area contributed by atoms with Crippen molar-refractivity contribution in [1.82, 2.24) is 19.6 Å². The fourth-order valence-corrected chi connectivity index (χ4v) is 3.01. The number of amides is 3. The summed E-state index contributed by atoms with van der Waals surface area (Å²) in [7, 11) is 1.90. The largest absolute Gasteiger partial charge is 0.339 e. The van der Waals surface area contributed by atoms with Gasteiger partial charge in [-0.2, -0.15) is 5.10 Å². The maximum Gasteiger partial charge on any atom is 0.323 e. The van der Waals surface area contributed by atoms with E-state index in [1.54, 1.807) is 16.7 Å². The van der Waals surface area contributed by atoms with E-state index >= 15 is 0 Å². The molecule has 1 aromatic rings. The predicted molar refractivity (Wildman–Crippen MR) is 82.6 cm³/mol. The molecule has 1 aliphatic heterocycles. The van der Waals surface area contributed by atoms with Crippen molar-refractivity contribution in [3.05, 3.63) is 11.8 Å². The molecule has 2 fully saturated rings. The first-order chi connectivity index (χ1) is 10.5. The fourth-order valence-electron chi connectivity index (χ4n) is 3.01. The zero-order valence-corrected chi connectivity index (χ0v) is 13.4. The average molecular weight is 305 g/mol. The molecule has 1 saturated carbocycles. The number of rotatable bonds is 3. The van der Waals surface area contributed by atoms with Crippen LogP contribution in [0.2, 0.25) is 0 Å². The lowest BCUT2D eigenvalue weighted by Gasteiger charge is -2.38. The SMILES string of the molecule is CCN1CCN(C(=O)Nc2cc(C3CC3)n(C)n2)C(C)C1=O. The summed E-state index contributed by atoms with van der Waals surface area (Å²) in [6.45, 7) is 5.55. The second kappa shape index (κ2) is 5.62. The molecule has 2 aliphatic rings. The summed E-state index contributed by atoms with van der Waals surface area (Å²) in [6.07, 6.45) is 2.38. The molecule has 7 heteroatoms. The molecule has 22 heavy (non-hydrogen) atoms. The molecule has 2 heterocycles. The minimum atomic E-state index is -0.430. The molecule has 7 nitrogen and oxygen atoms in total. The number of urea groups is 1. The average Bonchev–Trinajstić information content (AvgIpc) is 3.26. The molecular weight excluding hydrogens is 282 g/mol. The highest BCUT2D eigenvalue weighted by Gasteiger charge is 2.34. The zero-order valence-electron chi connectivity index (χ0n) is 13.4. The van der Waals surface area contributed by atoms with Gasteiger partial charge in [-0.25, -0.2) is 4.79 Å². The number of likely N-dealkylation sites (N-methyl/N-ethyl adjacent to an activating group) is 1. The monoisotopic (exact) mass is 305 g/mol. The second-order valence-electron chi connectivity index (χ2n) is 6.07. The van der Waals surface area contributed by atoms with Gasteiger partial charge in [0.25, 0.3) is 0 Å². The van der Waals surface area contributed by atoms with Crippen molar-refractivity contribution in [1.29, 1.82) is 0 Å². The van der Waals surface area contributed by atoms with Gasteiger partial charge in [0.15, 0.2) is 5.82 Å². The molecule has 1 aliphatic carbocycles. The van der Waals surface area contributed by atoms with E-state index in [0.717, 1.165) is 5.69 Å². The van der Waals surface area contributed by atoms with E-state index in [1.165, 1.54) is 12.8 Å². The van der Waals surface area contributed by atoms with E-state index in [0.29, 0.717) is 31.4 Å². The van der Waals surface area contributed by atoms with Gasteiger partial charge in [-0.15, -0.1) is 0 Å². The number of piperazine rings is 1. The Balaban J connectivity index is 1.66. The normalized spacial score (nSPS) is 22.1. The summed E-state index contributed by atoms with van der Waals surface area (Å²) in [5.74, 6) is 1.15. The number of nitrogens with one attached hydrogen (secondary N) is 1. The maximum absolute atomic E-state index is 12.4. The highest BCUT2D eigenvalue weighted by Crippen LogP contribution is 2.40. The van der Waals surface area contributed by atoms with Crippen LogP contribution in [0.3, 0.4) is 0 Å². The molecule has 1 unspecified atom stereocenters. The van der Waals surface area contributed by atoms with Crippen LogP contribution in [-0.2, 0) is 11.8 Å².